The molecule has 2 rings (SSSR count). The number of carbonyl (C=O) groups is 2. The Balaban J connectivity index is 1.80. The van der Waals surface area contributed by atoms with Crippen molar-refractivity contribution in [3.63, 3.8) is 0 Å². The zero-order chi connectivity index (χ0) is 13.8. The van der Waals surface area contributed by atoms with Gasteiger partial charge in [-0.05, 0) is 36.5 Å². The Morgan fingerprint density at radius 3 is 2.47 bits per heavy atom. The molecule has 0 aromatic heterocycles. The second-order valence-electron chi connectivity index (χ2n) is 4.61. The Morgan fingerprint density at radius 1 is 1.32 bits per heavy atom. The molecule has 1 aliphatic carbocycles. The van der Waals surface area contributed by atoms with Crippen molar-refractivity contribution in [2.45, 2.75) is 25.4 Å². The number of carboxylic acids is 1. The lowest BCUT2D eigenvalue weighted by Crippen LogP contribution is -2.46. The highest BCUT2D eigenvalue weighted by molar-refractivity contribution is 6.30. The molecule has 1 atom stereocenters. The first kappa shape index (κ1) is 13.7. The Bertz CT molecular complexity index is 471. The van der Waals surface area contributed by atoms with Crippen LogP contribution in [0.15, 0.2) is 24.3 Å². The predicted octanol–water partition coefficient (Wildman–Crippen LogP) is 2.00. The average molecular weight is 283 g/mol. The predicted molar refractivity (Wildman–Crippen MR) is 71.0 cm³/mol. The molecule has 19 heavy (non-hydrogen) atoms. The fourth-order valence-electron chi connectivity index (χ4n) is 1.79. The number of nitrogens with one attached hydrogen (secondary N) is 2. The first-order valence-corrected chi connectivity index (χ1v) is 6.45. The van der Waals surface area contributed by atoms with Crippen LogP contribution in [0.4, 0.5) is 4.79 Å². The number of halogens is 1. The molecule has 1 aromatic carbocycles. The molecule has 3 N–H and O–H groups in total. The van der Waals surface area contributed by atoms with E-state index in [1.165, 1.54) is 0 Å². The van der Waals surface area contributed by atoms with Gasteiger partial charge in [-0.3, -0.25) is 0 Å². The molecule has 102 valence electrons. The highest BCUT2D eigenvalue weighted by atomic mass is 35.5. The summed E-state index contributed by atoms with van der Waals surface area (Å²) >= 11 is 5.75. The van der Waals surface area contributed by atoms with Gasteiger partial charge in [-0.15, -0.1) is 0 Å². The van der Waals surface area contributed by atoms with Crippen LogP contribution in [0, 0.1) is 5.92 Å². The van der Waals surface area contributed by atoms with E-state index in [0.29, 0.717) is 11.6 Å². The third-order valence-electron chi connectivity index (χ3n) is 3.01. The topological polar surface area (TPSA) is 78.4 Å². The summed E-state index contributed by atoms with van der Waals surface area (Å²) in [4.78, 5) is 22.6. The maximum absolute atomic E-state index is 11.6. The van der Waals surface area contributed by atoms with E-state index >= 15 is 0 Å². The highest BCUT2D eigenvalue weighted by Gasteiger charge is 2.37. The van der Waals surface area contributed by atoms with Gasteiger partial charge in [0.15, 0.2) is 0 Å². The van der Waals surface area contributed by atoms with E-state index in [0.717, 1.165) is 18.4 Å². The number of aliphatic carboxylic acids is 1. The fourth-order valence-corrected chi connectivity index (χ4v) is 1.91. The lowest BCUT2D eigenvalue weighted by atomic mass is 10.2. The van der Waals surface area contributed by atoms with Gasteiger partial charge in [0.2, 0.25) is 0 Å². The number of carboxylic acid groups (broad SMARTS) is 1. The van der Waals surface area contributed by atoms with Crippen LogP contribution in [0.2, 0.25) is 5.02 Å². The monoisotopic (exact) mass is 282 g/mol. The summed E-state index contributed by atoms with van der Waals surface area (Å²) in [6.07, 6.45) is 1.71. The van der Waals surface area contributed by atoms with E-state index < -0.39 is 18.0 Å². The largest absolute Gasteiger partial charge is 0.480 e. The van der Waals surface area contributed by atoms with Crippen molar-refractivity contribution in [3.8, 4) is 0 Å². The number of benzene rings is 1. The molecule has 1 unspecified atom stereocenters. The normalized spacial score (nSPS) is 15.6. The summed E-state index contributed by atoms with van der Waals surface area (Å²) in [7, 11) is 0. The molecule has 2 amide bonds. The second kappa shape index (κ2) is 5.93. The Labute approximate surface area is 116 Å². The van der Waals surface area contributed by atoms with E-state index in [9.17, 15) is 9.59 Å². The summed E-state index contributed by atoms with van der Waals surface area (Å²) in [6.45, 7) is 0.333. The number of hydrogen-bond donors (Lipinski definition) is 3. The number of hydrogen-bond acceptors (Lipinski definition) is 2. The third-order valence-corrected chi connectivity index (χ3v) is 3.26. The van der Waals surface area contributed by atoms with Crippen molar-refractivity contribution >= 4 is 23.6 Å². The van der Waals surface area contributed by atoms with Crippen LogP contribution in [0.3, 0.4) is 0 Å². The number of rotatable bonds is 5. The fraction of sp³-hybridized carbons (Fsp3) is 0.385. The maximum Gasteiger partial charge on any atom is 0.326 e. The van der Waals surface area contributed by atoms with Gasteiger partial charge >= 0.3 is 12.0 Å². The van der Waals surface area contributed by atoms with Crippen molar-refractivity contribution in [2.24, 2.45) is 5.92 Å². The maximum atomic E-state index is 11.6. The van der Waals surface area contributed by atoms with Gasteiger partial charge < -0.3 is 15.7 Å². The third kappa shape index (κ3) is 4.13. The van der Waals surface area contributed by atoms with Gasteiger partial charge in [0.05, 0.1) is 0 Å². The van der Waals surface area contributed by atoms with E-state index in [4.69, 9.17) is 16.7 Å². The molecule has 6 heteroatoms. The molecule has 0 spiro atoms. The summed E-state index contributed by atoms with van der Waals surface area (Å²) in [5.41, 5.74) is 0.901. The number of urea groups is 1. The van der Waals surface area contributed by atoms with E-state index in [2.05, 4.69) is 10.6 Å². The quantitative estimate of drug-likeness (QED) is 0.773. The van der Waals surface area contributed by atoms with Crippen molar-refractivity contribution in [1.29, 1.82) is 0 Å². The van der Waals surface area contributed by atoms with Gasteiger partial charge in [0.25, 0.3) is 0 Å². The van der Waals surface area contributed by atoms with Crippen LogP contribution >= 0.6 is 11.6 Å². The lowest BCUT2D eigenvalue weighted by Gasteiger charge is -2.14. The van der Waals surface area contributed by atoms with E-state index in [1.807, 2.05) is 0 Å². The number of carbonyl (C=O) groups excluding carboxylic acids is 1. The Kier molecular flexibility index (Phi) is 4.27. The number of amides is 2. The molecular formula is C13H15ClN2O3. The SMILES string of the molecule is O=C(NCc1ccc(Cl)cc1)NC(C(=O)O)C1CC1. The molecule has 0 radical (unpaired) electrons. The average Bonchev–Trinajstić information content (AvgIpc) is 3.19. The standard InChI is InChI=1S/C13H15ClN2O3/c14-10-5-1-8(2-6-10)7-15-13(19)16-11(12(17)18)9-3-4-9/h1-2,5-6,9,11H,3-4,7H2,(H,17,18)(H2,15,16,19). The molecule has 1 fully saturated rings. The molecule has 1 aromatic rings. The molecular weight excluding hydrogens is 268 g/mol. The minimum atomic E-state index is -0.982. The van der Waals surface area contributed by atoms with E-state index in [-0.39, 0.29) is 5.92 Å². The van der Waals surface area contributed by atoms with Crippen molar-refractivity contribution in [2.75, 3.05) is 0 Å². The Morgan fingerprint density at radius 2 is 1.95 bits per heavy atom. The summed E-state index contributed by atoms with van der Waals surface area (Å²) in [5, 5.41) is 14.7. The molecule has 0 aliphatic heterocycles. The van der Waals surface area contributed by atoms with Crippen LogP contribution in [-0.2, 0) is 11.3 Å². The first-order chi connectivity index (χ1) is 9.06. The minimum absolute atomic E-state index is 0.0683. The summed E-state index contributed by atoms with van der Waals surface area (Å²) < 4.78 is 0. The van der Waals surface area contributed by atoms with Crippen LogP contribution < -0.4 is 10.6 Å². The van der Waals surface area contributed by atoms with Crippen molar-refractivity contribution in [3.05, 3.63) is 34.9 Å². The van der Waals surface area contributed by atoms with E-state index in [1.54, 1.807) is 24.3 Å². The molecule has 0 heterocycles. The minimum Gasteiger partial charge on any atom is -0.480 e. The van der Waals surface area contributed by atoms with Crippen molar-refractivity contribution < 1.29 is 14.7 Å². The zero-order valence-corrected chi connectivity index (χ0v) is 11.0. The summed E-state index contributed by atoms with van der Waals surface area (Å²) in [6, 6.07) is 5.83. The van der Waals surface area contributed by atoms with Gasteiger partial charge in [0, 0.05) is 11.6 Å². The molecule has 1 saturated carbocycles. The van der Waals surface area contributed by atoms with Crippen LogP contribution in [0.25, 0.3) is 0 Å². The smallest absolute Gasteiger partial charge is 0.326 e. The van der Waals surface area contributed by atoms with Gasteiger partial charge in [-0.25, -0.2) is 9.59 Å². The molecule has 0 saturated heterocycles. The molecule has 0 bridgehead atoms. The van der Waals surface area contributed by atoms with Gasteiger partial charge in [-0.1, -0.05) is 23.7 Å². The van der Waals surface area contributed by atoms with Gasteiger partial charge in [0.1, 0.15) is 6.04 Å². The van der Waals surface area contributed by atoms with Crippen LogP contribution in [0.5, 0.6) is 0 Å². The van der Waals surface area contributed by atoms with Crippen molar-refractivity contribution in [1.82, 2.24) is 10.6 Å². The molecule has 5 nitrogen and oxygen atoms in total. The highest BCUT2D eigenvalue weighted by Crippen LogP contribution is 2.32. The zero-order valence-electron chi connectivity index (χ0n) is 10.2. The van der Waals surface area contributed by atoms with Crippen LogP contribution in [0.1, 0.15) is 18.4 Å². The van der Waals surface area contributed by atoms with Gasteiger partial charge in [-0.2, -0.15) is 0 Å². The second-order valence-corrected chi connectivity index (χ2v) is 5.04. The first-order valence-electron chi connectivity index (χ1n) is 6.08. The molecule has 1 aliphatic rings. The Hall–Kier alpha value is -1.75. The van der Waals surface area contributed by atoms with Crippen LogP contribution in [-0.4, -0.2) is 23.1 Å². The summed E-state index contributed by atoms with van der Waals surface area (Å²) in [5.74, 6) is -0.914. The lowest BCUT2D eigenvalue weighted by molar-refractivity contribution is -0.139.